The molecule has 0 unspecified atom stereocenters. The number of benzene rings is 1. The van der Waals surface area contributed by atoms with E-state index in [2.05, 4.69) is 9.71 Å². The van der Waals surface area contributed by atoms with Crippen LogP contribution in [0.25, 0.3) is 0 Å². The molecule has 114 valence electrons. The molecule has 1 heterocycles. The number of hydrogen-bond acceptors (Lipinski definition) is 5. The van der Waals surface area contributed by atoms with Crippen molar-refractivity contribution in [2.75, 3.05) is 13.2 Å². The molecule has 0 amide bonds. The normalized spacial score (nSPS) is 11.7. The average molecular weight is 347 g/mol. The average Bonchev–Trinajstić information content (AvgIpc) is 2.91. The number of rotatable bonds is 8. The van der Waals surface area contributed by atoms with Gasteiger partial charge in [-0.2, -0.15) is 0 Å². The molecule has 2 aromatic rings. The molecule has 5 nitrogen and oxygen atoms in total. The van der Waals surface area contributed by atoms with Crippen molar-refractivity contribution in [2.24, 2.45) is 0 Å². The van der Waals surface area contributed by atoms with E-state index in [-0.39, 0.29) is 8.68 Å². The van der Waals surface area contributed by atoms with Crippen LogP contribution in [0.5, 0.6) is 0 Å². The molecular formula is C13H15ClN2O3S2. The zero-order chi connectivity index (χ0) is 15.1. The molecule has 0 spiro atoms. The summed E-state index contributed by atoms with van der Waals surface area (Å²) in [5, 5.41) is 0. The Morgan fingerprint density at radius 3 is 2.71 bits per heavy atom. The molecule has 0 atom stereocenters. The van der Waals surface area contributed by atoms with Crippen molar-refractivity contribution in [1.29, 1.82) is 0 Å². The molecule has 0 aliphatic rings. The quantitative estimate of drug-likeness (QED) is 0.746. The van der Waals surface area contributed by atoms with Crippen LogP contribution in [0.15, 0.2) is 40.7 Å². The van der Waals surface area contributed by atoms with Crippen LogP contribution < -0.4 is 4.72 Å². The molecule has 1 N–H and O–H groups in total. The van der Waals surface area contributed by atoms with Crippen LogP contribution in [0.3, 0.4) is 0 Å². The van der Waals surface area contributed by atoms with Gasteiger partial charge in [0.15, 0.2) is 8.68 Å². The van der Waals surface area contributed by atoms with Gasteiger partial charge in [0.05, 0.1) is 12.8 Å². The van der Waals surface area contributed by atoms with Crippen molar-refractivity contribution < 1.29 is 13.2 Å². The van der Waals surface area contributed by atoms with Crippen molar-refractivity contribution in [3.63, 3.8) is 0 Å². The van der Waals surface area contributed by atoms with Crippen molar-refractivity contribution >= 4 is 33.0 Å². The summed E-state index contributed by atoms with van der Waals surface area (Å²) in [6.07, 6.45) is 1.85. The van der Waals surface area contributed by atoms with Crippen molar-refractivity contribution in [2.45, 2.75) is 17.2 Å². The van der Waals surface area contributed by atoms with E-state index < -0.39 is 10.0 Å². The maximum atomic E-state index is 11.9. The molecule has 0 aliphatic heterocycles. The van der Waals surface area contributed by atoms with Crippen LogP contribution in [0.4, 0.5) is 0 Å². The van der Waals surface area contributed by atoms with Crippen LogP contribution >= 0.6 is 22.9 Å². The predicted molar refractivity (Wildman–Crippen MR) is 83.0 cm³/mol. The Kier molecular flexibility index (Phi) is 6.13. The lowest BCUT2D eigenvalue weighted by Gasteiger charge is -2.06. The summed E-state index contributed by atoms with van der Waals surface area (Å²) < 4.78 is 32.0. The third-order valence-electron chi connectivity index (χ3n) is 2.59. The zero-order valence-electron chi connectivity index (χ0n) is 11.2. The Morgan fingerprint density at radius 1 is 1.29 bits per heavy atom. The molecule has 0 radical (unpaired) electrons. The molecule has 0 bridgehead atoms. The summed E-state index contributed by atoms with van der Waals surface area (Å²) in [4.78, 5) is 3.71. The highest BCUT2D eigenvalue weighted by Crippen LogP contribution is 2.21. The Labute approximate surface area is 133 Å². The Morgan fingerprint density at radius 2 is 2.05 bits per heavy atom. The summed E-state index contributed by atoms with van der Waals surface area (Å²) in [6, 6.07) is 9.82. The first kappa shape index (κ1) is 16.4. The molecule has 1 aromatic carbocycles. The molecule has 0 saturated heterocycles. The van der Waals surface area contributed by atoms with Crippen LogP contribution in [0, 0.1) is 0 Å². The van der Waals surface area contributed by atoms with Gasteiger partial charge in [0.1, 0.15) is 0 Å². The van der Waals surface area contributed by atoms with E-state index >= 15 is 0 Å². The topological polar surface area (TPSA) is 68.3 Å². The van der Waals surface area contributed by atoms with Crippen LogP contribution in [0.1, 0.15) is 12.0 Å². The second-order valence-corrected chi connectivity index (χ2v) is 7.83. The molecule has 8 heteroatoms. The molecule has 2 rings (SSSR count). The summed E-state index contributed by atoms with van der Waals surface area (Å²) in [7, 11) is -3.51. The molecule has 21 heavy (non-hydrogen) atoms. The third-order valence-corrected chi connectivity index (χ3v) is 5.63. The first-order chi connectivity index (χ1) is 10.1. The third kappa shape index (κ3) is 5.37. The first-order valence-corrected chi connectivity index (χ1v) is 8.98. The first-order valence-electron chi connectivity index (χ1n) is 6.30. The molecule has 0 aliphatic carbocycles. The number of nitrogens with one attached hydrogen (secondary N) is 1. The van der Waals surface area contributed by atoms with Gasteiger partial charge in [0, 0.05) is 13.2 Å². The smallest absolute Gasteiger partial charge is 0.251 e. The minimum atomic E-state index is -3.51. The maximum absolute atomic E-state index is 11.9. The minimum Gasteiger partial charge on any atom is -0.377 e. The van der Waals surface area contributed by atoms with Crippen LogP contribution in [-0.2, 0) is 21.4 Å². The van der Waals surface area contributed by atoms with Gasteiger partial charge in [-0.1, -0.05) is 53.3 Å². The van der Waals surface area contributed by atoms with Crippen molar-refractivity contribution in [3.05, 3.63) is 46.6 Å². The Bertz CT molecular complexity index is 659. The number of hydrogen-bond donors (Lipinski definition) is 1. The number of ether oxygens (including phenoxy) is 1. The monoisotopic (exact) mass is 346 g/mol. The summed E-state index contributed by atoms with van der Waals surface area (Å²) in [5.74, 6) is 0. The highest BCUT2D eigenvalue weighted by molar-refractivity contribution is 7.91. The molecule has 0 saturated carbocycles. The van der Waals surface area contributed by atoms with Crippen molar-refractivity contribution in [1.82, 2.24) is 9.71 Å². The van der Waals surface area contributed by atoms with E-state index in [9.17, 15) is 8.42 Å². The molecule has 0 fully saturated rings. The van der Waals surface area contributed by atoms with E-state index in [1.165, 1.54) is 6.20 Å². The second-order valence-electron chi connectivity index (χ2n) is 4.22. The lowest BCUT2D eigenvalue weighted by atomic mass is 10.2. The number of sulfonamides is 1. The SMILES string of the molecule is O=S(=O)(NCCCOCc1ccccc1)c1cnc(Cl)s1. The highest BCUT2D eigenvalue weighted by atomic mass is 35.5. The Balaban J connectivity index is 1.66. The van der Waals surface area contributed by atoms with Gasteiger partial charge in [-0.25, -0.2) is 18.1 Å². The van der Waals surface area contributed by atoms with Crippen LogP contribution in [0.2, 0.25) is 4.47 Å². The minimum absolute atomic E-state index is 0.123. The summed E-state index contributed by atoms with van der Waals surface area (Å²) >= 11 is 6.56. The predicted octanol–water partition coefficient (Wildman–Crippen LogP) is 2.68. The fraction of sp³-hybridized carbons (Fsp3) is 0.308. The number of thiazole rings is 1. The second kappa shape index (κ2) is 7.86. The van der Waals surface area contributed by atoms with E-state index in [4.69, 9.17) is 16.3 Å². The fourth-order valence-corrected chi connectivity index (χ4v) is 3.99. The summed E-state index contributed by atoms with van der Waals surface area (Å²) in [5.41, 5.74) is 1.09. The van der Waals surface area contributed by atoms with E-state index in [1.54, 1.807) is 0 Å². The van der Waals surface area contributed by atoms with E-state index in [0.29, 0.717) is 26.2 Å². The number of nitrogens with zero attached hydrogens (tertiary/aromatic N) is 1. The van der Waals surface area contributed by atoms with Crippen LogP contribution in [-0.4, -0.2) is 26.6 Å². The molecule has 1 aromatic heterocycles. The lowest BCUT2D eigenvalue weighted by molar-refractivity contribution is 0.119. The van der Waals surface area contributed by atoms with Gasteiger partial charge in [-0.15, -0.1) is 0 Å². The van der Waals surface area contributed by atoms with Gasteiger partial charge in [-0.3, -0.25) is 0 Å². The standard InChI is InChI=1S/C13H15ClN2O3S2/c14-13-15-9-12(20-13)21(17,18)16-7-4-8-19-10-11-5-2-1-3-6-11/h1-3,5-6,9,16H,4,7-8,10H2. The zero-order valence-corrected chi connectivity index (χ0v) is 13.5. The van der Waals surface area contributed by atoms with Gasteiger partial charge in [0.25, 0.3) is 10.0 Å². The Hall–Kier alpha value is -0.990. The highest BCUT2D eigenvalue weighted by Gasteiger charge is 2.16. The van der Waals surface area contributed by atoms with Gasteiger partial charge in [0.2, 0.25) is 0 Å². The van der Waals surface area contributed by atoms with Gasteiger partial charge in [-0.05, 0) is 12.0 Å². The lowest BCUT2D eigenvalue weighted by Crippen LogP contribution is -2.24. The number of halogens is 1. The summed E-state index contributed by atoms with van der Waals surface area (Å²) in [6.45, 7) is 1.32. The largest absolute Gasteiger partial charge is 0.377 e. The van der Waals surface area contributed by atoms with Crippen molar-refractivity contribution in [3.8, 4) is 0 Å². The van der Waals surface area contributed by atoms with Gasteiger partial charge >= 0.3 is 0 Å². The fourth-order valence-electron chi connectivity index (χ4n) is 1.58. The maximum Gasteiger partial charge on any atom is 0.251 e. The molecular weight excluding hydrogens is 332 g/mol. The van der Waals surface area contributed by atoms with Gasteiger partial charge < -0.3 is 4.74 Å². The van der Waals surface area contributed by atoms with E-state index in [0.717, 1.165) is 16.9 Å². The van der Waals surface area contributed by atoms with E-state index in [1.807, 2.05) is 30.3 Å². The number of aromatic nitrogens is 1.